The van der Waals surface area contributed by atoms with Crippen LogP contribution in [0.5, 0.6) is 0 Å². The van der Waals surface area contributed by atoms with E-state index in [0.717, 1.165) is 16.8 Å². The Kier molecular flexibility index (Phi) is 9.01. The summed E-state index contributed by atoms with van der Waals surface area (Å²) in [6.07, 6.45) is 0. The first-order chi connectivity index (χ1) is 18.3. The van der Waals surface area contributed by atoms with Gasteiger partial charge in [-0.2, -0.15) is 13.5 Å². The minimum Gasteiger partial charge on any atom is -0.383 e. The predicted octanol–water partition coefficient (Wildman–Crippen LogP) is 4.09. The van der Waals surface area contributed by atoms with Gasteiger partial charge in [0.05, 0.1) is 30.3 Å². The molecule has 3 aromatic rings. The summed E-state index contributed by atoms with van der Waals surface area (Å²) in [5.41, 5.74) is 8.64. The van der Waals surface area contributed by atoms with Crippen molar-refractivity contribution in [3.8, 4) is 0 Å². The number of benzene rings is 3. The maximum atomic E-state index is 13.2. The van der Waals surface area contributed by atoms with Crippen molar-refractivity contribution in [2.24, 2.45) is 20.2 Å². The molecule has 1 aliphatic heterocycles. The highest BCUT2D eigenvalue weighted by Gasteiger charge is 2.33. The van der Waals surface area contributed by atoms with Gasteiger partial charge in [-0.25, -0.2) is 5.01 Å². The van der Waals surface area contributed by atoms with Gasteiger partial charge in [0, 0.05) is 23.1 Å². The van der Waals surface area contributed by atoms with Gasteiger partial charge in [-0.1, -0.05) is 65.7 Å². The molecule has 0 bridgehead atoms. The fourth-order valence-corrected chi connectivity index (χ4v) is 4.99. The number of methoxy groups -OCH3 is 1. The second-order valence-electron chi connectivity index (χ2n) is 8.27. The molecular weight excluding hydrogens is 547 g/mol. The lowest BCUT2D eigenvalue weighted by Crippen LogP contribution is -2.45. The largest absolute Gasteiger partial charge is 0.383 e. The molecule has 1 heterocycles. The normalized spacial score (nSPS) is 16.4. The van der Waals surface area contributed by atoms with Crippen molar-refractivity contribution in [1.82, 2.24) is 10.3 Å². The molecule has 1 aliphatic rings. The Balaban J connectivity index is 1.77. The topological polar surface area (TPSA) is 122 Å². The van der Waals surface area contributed by atoms with E-state index in [1.54, 1.807) is 19.2 Å². The molecule has 1 unspecified atom stereocenters. The number of hydrogen-bond acceptors (Lipinski definition) is 5. The second kappa shape index (κ2) is 12.4. The van der Waals surface area contributed by atoms with Crippen LogP contribution in [0.15, 0.2) is 98.2 Å². The van der Waals surface area contributed by atoms with Crippen LogP contribution in [-0.4, -0.2) is 57.9 Å². The van der Waals surface area contributed by atoms with Gasteiger partial charge in [-0.05, 0) is 47.5 Å². The molecule has 0 aromatic heterocycles. The first-order valence-corrected chi connectivity index (χ1v) is 13.8. The van der Waals surface area contributed by atoms with Crippen LogP contribution in [0.25, 0.3) is 0 Å². The third kappa shape index (κ3) is 6.90. The summed E-state index contributed by atoms with van der Waals surface area (Å²) < 4.78 is 35.5. The number of ether oxygens (including phenoxy) is 1. The number of guanidine groups is 2. The van der Waals surface area contributed by atoms with Crippen LogP contribution in [0.3, 0.4) is 0 Å². The number of sulfonamides is 1. The standard InChI is InChI=1S/C26H26Cl2N6O3S/c1-37-16-15-30-25(29)31-26(33-38(35,36)22-13-11-21(28)12-14-22)34-17-23(18-5-3-2-4-6-18)24(32-34)19-7-9-20(27)10-8-19/h2-14,23H,15-17H2,1H3,(H3,29,30,31,33). The van der Waals surface area contributed by atoms with Gasteiger partial charge in [-0.3, -0.25) is 10.3 Å². The predicted molar refractivity (Wildman–Crippen MR) is 151 cm³/mol. The number of nitrogens with one attached hydrogen (secondary N) is 1. The summed E-state index contributed by atoms with van der Waals surface area (Å²) in [5, 5.41) is 10.1. The Morgan fingerprint density at radius 2 is 1.68 bits per heavy atom. The number of hydrazone groups is 1. The van der Waals surface area contributed by atoms with Crippen LogP contribution in [0, 0.1) is 0 Å². The highest BCUT2D eigenvalue weighted by Crippen LogP contribution is 2.30. The maximum absolute atomic E-state index is 13.2. The summed E-state index contributed by atoms with van der Waals surface area (Å²) in [6, 6.07) is 22.8. The molecule has 198 valence electrons. The summed E-state index contributed by atoms with van der Waals surface area (Å²) in [4.78, 5) is 4.15. The van der Waals surface area contributed by atoms with E-state index in [-0.39, 0.29) is 29.3 Å². The van der Waals surface area contributed by atoms with Gasteiger partial charge in [0.25, 0.3) is 10.0 Å². The van der Waals surface area contributed by atoms with Gasteiger partial charge in [0.1, 0.15) is 0 Å². The summed E-state index contributed by atoms with van der Waals surface area (Å²) >= 11 is 12.0. The van der Waals surface area contributed by atoms with Crippen LogP contribution in [-0.2, 0) is 14.8 Å². The molecule has 0 saturated carbocycles. The lowest BCUT2D eigenvalue weighted by atomic mass is 9.91. The average molecular weight is 574 g/mol. The number of aliphatic imine (C=N–C) groups is 1. The van der Waals surface area contributed by atoms with E-state index in [4.69, 9.17) is 38.8 Å². The van der Waals surface area contributed by atoms with Gasteiger partial charge in [0.2, 0.25) is 5.96 Å². The van der Waals surface area contributed by atoms with Crippen molar-refractivity contribution in [3.05, 3.63) is 100 Å². The third-order valence-corrected chi connectivity index (χ3v) is 7.42. The number of rotatable bonds is 7. The molecule has 1 atom stereocenters. The Hall–Kier alpha value is -3.44. The van der Waals surface area contributed by atoms with Crippen LogP contribution in [0.4, 0.5) is 0 Å². The summed E-state index contributed by atoms with van der Waals surface area (Å²) in [7, 11) is -2.60. The molecule has 0 spiro atoms. The quantitative estimate of drug-likeness (QED) is 0.250. The first kappa shape index (κ1) is 27.6. The Morgan fingerprint density at radius 3 is 2.32 bits per heavy atom. The maximum Gasteiger partial charge on any atom is 0.285 e. The van der Waals surface area contributed by atoms with Gasteiger partial charge < -0.3 is 10.5 Å². The number of halogens is 2. The van der Waals surface area contributed by atoms with Crippen molar-refractivity contribution in [1.29, 1.82) is 0 Å². The molecule has 0 fully saturated rings. The van der Waals surface area contributed by atoms with E-state index >= 15 is 0 Å². The zero-order chi connectivity index (χ0) is 27.1. The average Bonchev–Trinajstić information content (AvgIpc) is 3.35. The van der Waals surface area contributed by atoms with Crippen molar-refractivity contribution in [3.63, 3.8) is 0 Å². The molecular formula is C26H26Cl2N6O3S. The lowest BCUT2D eigenvalue weighted by molar-refractivity contribution is 0.208. The highest BCUT2D eigenvalue weighted by atomic mass is 35.5. The molecule has 0 amide bonds. The molecule has 3 aromatic carbocycles. The van der Waals surface area contributed by atoms with Gasteiger partial charge in [0.15, 0.2) is 5.96 Å². The fraction of sp³-hybridized carbons (Fsp3) is 0.192. The second-order valence-corrected chi connectivity index (χ2v) is 10.7. The van der Waals surface area contributed by atoms with Crippen LogP contribution >= 0.6 is 23.2 Å². The molecule has 9 nitrogen and oxygen atoms in total. The lowest BCUT2D eigenvalue weighted by Gasteiger charge is -2.19. The number of nitrogens with zero attached hydrogens (tertiary/aromatic N) is 4. The Morgan fingerprint density at radius 1 is 1.05 bits per heavy atom. The molecule has 4 rings (SSSR count). The van der Waals surface area contributed by atoms with Crippen molar-refractivity contribution in [2.45, 2.75) is 10.8 Å². The highest BCUT2D eigenvalue weighted by molar-refractivity contribution is 7.90. The zero-order valence-corrected chi connectivity index (χ0v) is 22.8. The van der Waals surface area contributed by atoms with E-state index in [1.807, 2.05) is 42.5 Å². The molecule has 0 saturated heterocycles. The first-order valence-electron chi connectivity index (χ1n) is 11.6. The van der Waals surface area contributed by atoms with E-state index in [0.29, 0.717) is 23.2 Å². The minimum atomic E-state index is -4.15. The van der Waals surface area contributed by atoms with Crippen LogP contribution < -0.4 is 11.1 Å². The van der Waals surface area contributed by atoms with E-state index in [9.17, 15) is 8.42 Å². The Bertz CT molecular complexity index is 1440. The molecule has 12 heteroatoms. The zero-order valence-electron chi connectivity index (χ0n) is 20.5. The van der Waals surface area contributed by atoms with E-state index in [2.05, 4.69) is 14.7 Å². The van der Waals surface area contributed by atoms with E-state index in [1.165, 1.54) is 29.3 Å². The third-order valence-electron chi connectivity index (χ3n) is 5.64. The number of hydrogen-bond donors (Lipinski definition) is 2. The SMILES string of the molecule is COCCN=C(N)N/C(=N/S(=O)(=O)c1ccc(Cl)cc1)N1CC(c2ccccc2)C(c2ccc(Cl)cc2)=N1. The molecule has 3 N–H and O–H groups in total. The smallest absolute Gasteiger partial charge is 0.285 e. The van der Waals surface area contributed by atoms with Crippen molar-refractivity contribution < 1.29 is 13.2 Å². The number of nitrogens with two attached hydrogens (primary N) is 1. The Labute approximate surface area is 231 Å². The van der Waals surface area contributed by atoms with Gasteiger partial charge in [-0.15, -0.1) is 4.40 Å². The van der Waals surface area contributed by atoms with Crippen molar-refractivity contribution >= 4 is 50.9 Å². The van der Waals surface area contributed by atoms with Crippen molar-refractivity contribution in [2.75, 3.05) is 26.8 Å². The molecule has 0 radical (unpaired) electrons. The minimum absolute atomic E-state index is 0.0292. The molecule has 0 aliphatic carbocycles. The molecule has 38 heavy (non-hydrogen) atoms. The van der Waals surface area contributed by atoms with Crippen LogP contribution in [0.2, 0.25) is 10.0 Å². The van der Waals surface area contributed by atoms with Crippen LogP contribution in [0.1, 0.15) is 17.0 Å². The monoisotopic (exact) mass is 572 g/mol. The van der Waals surface area contributed by atoms with Gasteiger partial charge >= 0.3 is 0 Å². The summed E-state index contributed by atoms with van der Waals surface area (Å²) in [5.74, 6) is -0.309. The van der Waals surface area contributed by atoms with E-state index < -0.39 is 10.0 Å². The summed E-state index contributed by atoms with van der Waals surface area (Å²) in [6.45, 7) is 0.921. The fourth-order valence-electron chi connectivity index (χ4n) is 3.78.